The second-order valence-corrected chi connectivity index (χ2v) is 16.3. The van der Waals surface area contributed by atoms with Crippen molar-refractivity contribution in [2.24, 2.45) is 5.92 Å². The van der Waals surface area contributed by atoms with Gasteiger partial charge in [-0.25, -0.2) is 22.8 Å². The van der Waals surface area contributed by atoms with Gasteiger partial charge in [0.15, 0.2) is 5.69 Å². The molecule has 5 atom stereocenters. The Morgan fingerprint density at radius 2 is 1.92 bits per heavy atom. The molecule has 3 fully saturated rings. The zero-order valence-corrected chi connectivity index (χ0v) is 30.3. The average Bonchev–Trinajstić information content (AvgIpc) is 4.01. The average molecular weight is 752 g/mol. The van der Waals surface area contributed by atoms with Crippen LogP contribution >= 0.6 is 0 Å². The van der Waals surface area contributed by atoms with Crippen LogP contribution in [0.15, 0.2) is 40.9 Å². The highest BCUT2D eigenvalue weighted by molar-refractivity contribution is 7.91. The molecule has 2 aromatic heterocycles. The fourth-order valence-corrected chi connectivity index (χ4v) is 8.45. The zero-order valence-electron chi connectivity index (χ0n) is 29.5. The molecule has 1 saturated heterocycles. The number of aromatic nitrogens is 3. The number of carbonyl (C=O) groups is 4. The highest BCUT2D eigenvalue weighted by atomic mass is 32.2. The van der Waals surface area contributed by atoms with Gasteiger partial charge in [0.25, 0.3) is 11.8 Å². The quantitative estimate of drug-likeness (QED) is 0.286. The van der Waals surface area contributed by atoms with Crippen molar-refractivity contribution in [3.05, 3.63) is 59.4 Å². The van der Waals surface area contributed by atoms with Crippen molar-refractivity contribution in [3.63, 3.8) is 0 Å². The summed E-state index contributed by atoms with van der Waals surface area (Å²) < 4.78 is 53.3. The lowest BCUT2D eigenvalue weighted by Crippen LogP contribution is -2.58. The molecule has 4 amide bonds. The van der Waals surface area contributed by atoms with Gasteiger partial charge in [-0.15, -0.1) is 0 Å². The van der Waals surface area contributed by atoms with Crippen LogP contribution < -0.4 is 20.1 Å². The zero-order chi connectivity index (χ0) is 37.5. The second-order valence-electron chi connectivity index (χ2n) is 14.3. The predicted molar refractivity (Wildman–Crippen MR) is 187 cm³/mol. The molecule has 0 radical (unpaired) electrons. The van der Waals surface area contributed by atoms with Crippen LogP contribution in [0.3, 0.4) is 0 Å². The standard InChI is InChI=1S/C36H42FN7O8S/c1-3-25-33(40-28-16-22(37)11-14-26(28)38-25)51-23-17-30-32(46)41-36(35(48)43-53(49,50)24-12-13-24)18-21(36)9-7-5-4-6-8-10-27(34(47)44(30)19-23)39-31(45)29-15-20(2)52-42-29/h7,9,11,14-16,21,23-24,27,30H,3-6,8,10,12-13,17-19H2,1-2H3,(H,39,45)(H,41,46)(H,43,48)/b9-7-/t21-,23-,27?,30+,36-/m1/s1. The molecule has 0 spiro atoms. The minimum atomic E-state index is -3.91. The summed E-state index contributed by atoms with van der Waals surface area (Å²) in [5, 5.41) is 8.75. The Labute approximate surface area is 305 Å². The van der Waals surface area contributed by atoms with E-state index in [9.17, 15) is 32.0 Å². The number of fused-ring (bicyclic) bond motifs is 3. The van der Waals surface area contributed by atoms with E-state index in [-0.39, 0.29) is 42.9 Å². The van der Waals surface area contributed by atoms with Crippen molar-refractivity contribution in [1.29, 1.82) is 0 Å². The Balaban J connectivity index is 1.20. The maximum absolute atomic E-state index is 14.5. The first kappa shape index (κ1) is 36.4. The van der Waals surface area contributed by atoms with E-state index in [0.717, 1.165) is 12.8 Å². The number of hydrogen-bond acceptors (Lipinski definition) is 11. The first-order chi connectivity index (χ1) is 25.4. The van der Waals surface area contributed by atoms with Crippen LogP contribution in [-0.4, -0.2) is 87.6 Å². The summed E-state index contributed by atoms with van der Waals surface area (Å²) in [6, 6.07) is 3.29. The molecule has 2 aliphatic heterocycles. The number of carbonyl (C=O) groups excluding carboxylic acids is 4. The molecular formula is C36H42FN7O8S. The number of allylic oxidation sites excluding steroid dienone is 1. The van der Waals surface area contributed by atoms with Crippen LogP contribution in [0.1, 0.15) is 86.7 Å². The number of nitrogens with one attached hydrogen (secondary N) is 3. The first-order valence-corrected chi connectivity index (χ1v) is 19.6. The molecule has 1 aromatic carbocycles. The third-order valence-electron chi connectivity index (χ3n) is 10.3. The molecule has 3 N–H and O–H groups in total. The molecule has 53 heavy (non-hydrogen) atoms. The van der Waals surface area contributed by atoms with Gasteiger partial charge in [-0.3, -0.25) is 23.9 Å². The Morgan fingerprint density at radius 3 is 2.66 bits per heavy atom. The number of rotatable bonds is 8. The molecule has 0 bridgehead atoms. The van der Waals surface area contributed by atoms with Crippen molar-refractivity contribution in [3.8, 4) is 5.88 Å². The van der Waals surface area contributed by atoms with E-state index in [1.54, 1.807) is 6.92 Å². The minimum absolute atomic E-state index is 0.000503. The number of nitrogens with zero attached hydrogens (tertiary/aromatic N) is 4. The minimum Gasteiger partial charge on any atom is -0.471 e. The van der Waals surface area contributed by atoms with Crippen molar-refractivity contribution in [2.45, 2.75) is 107 Å². The maximum Gasteiger partial charge on any atom is 0.274 e. The number of amides is 4. The third kappa shape index (κ3) is 7.75. The lowest BCUT2D eigenvalue weighted by Gasteiger charge is -2.29. The van der Waals surface area contributed by atoms with Gasteiger partial charge >= 0.3 is 0 Å². The van der Waals surface area contributed by atoms with E-state index >= 15 is 0 Å². The van der Waals surface area contributed by atoms with E-state index in [0.29, 0.717) is 49.1 Å². The van der Waals surface area contributed by atoms with Gasteiger partial charge in [-0.2, -0.15) is 0 Å². The summed E-state index contributed by atoms with van der Waals surface area (Å²) >= 11 is 0. The van der Waals surface area contributed by atoms with Crippen LogP contribution in [0.4, 0.5) is 4.39 Å². The Kier molecular flexibility index (Phi) is 9.95. The Hall–Kier alpha value is -4.93. The van der Waals surface area contributed by atoms with Crippen molar-refractivity contribution in [2.75, 3.05) is 6.54 Å². The molecule has 7 rings (SSSR count). The topological polar surface area (TPSA) is 203 Å². The predicted octanol–water partition coefficient (Wildman–Crippen LogP) is 2.78. The lowest BCUT2D eigenvalue weighted by molar-refractivity contribution is -0.141. The Bertz CT molecular complexity index is 2090. The summed E-state index contributed by atoms with van der Waals surface area (Å²) in [4.78, 5) is 66.2. The summed E-state index contributed by atoms with van der Waals surface area (Å²) in [6.07, 6.45) is 7.50. The fourth-order valence-electron chi connectivity index (χ4n) is 7.08. The number of hydrogen-bond donors (Lipinski definition) is 3. The molecule has 2 saturated carbocycles. The second kappa shape index (κ2) is 14.5. The number of benzene rings is 1. The summed E-state index contributed by atoms with van der Waals surface area (Å²) in [5.41, 5.74) is -0.291. The molecule has 4 heterocycles. The van der Waals surface area contributed by atoms with Crippen molar-refractivity contribution in [1.82, 2.24) is 35.4 Å². The summed E-state index contributed by atoms with van der Waals surface area (Å²) in [6.45, 7) is 3.41. The smallest absolute Gasteiger partial charge is 0.274 e. The van der Waals surface area contributed by atoms with Gasteiger partial charge in [0, 0.05) is 24.5 Å². The van der Waals surface area contributed by atoms with Crippen molar-refractivity contribution >= 4 is 44.7 Å². The lowest BCUT2D eigenvalue weighted by atomic mass is 10.0. The monoisotopic (exact) mass is 751 g/mol. The Morgan fingerprint density at radius 1 is 1.11 bits per heavy atom. The highest BCUT2D eigenvalue weighted by Crippen LogP contribution is 2.46. The van der Waals surface area contributed by atoms with E-state index in [1.165, 1.54) is 29.2 Å². The first-order valence-electron chi connectivity index (χ1n) is 18.1. The molecule has 17 heteroatoms. The number of ether oxygens (including phenoxy) is 1. The van der Waals surface area contributed by atoms with Gasteiger partial charge in [0.2, 0.25) is 27.7 Å². The van der Waals surface area contributed by atoms with Gasteiger partial charge < -0.3 is 24.8 Å². The molecule has 1 unspecified atom stereocenters. The van der Waals surface area contributed by atoms with E-state index in [4.69, 9.17) is 9.26 Å². The number of sulfonamides is 1. The summed E-state index contributed by atoms with van der Waals surface area (Å²) in [5.74, 6) is -3.06. The van der Waals surface area contributed by atoms with Gasteiger partial charge in [-0.1, -0.05) is 37.1 Å². The molecule has 3 aromatic rings. The van der Waals surface area contributed by atoms with Crippen LogP contribution in [0.25, 0.3) is 11.0 Å². The van der Waals surface area contributed by atoms with Crippen LogP contribution in [0.2, 0.25) is 0 Å². The fraction of sp³-hybridized carbons (Fsp3) is 0.528. The van der Waals surface area contributed by atoms with Gasteiger partial charge in [-0.05, 0) is 64.0 Å². The van der Waals surface area contributed by atoms with Gasteiger partial charge in [0.1, 0.15) is 41.0 Å². The van der Waals surface area contributed by atoms with Crippen LogP contribution in [-0.2, 0) is 30.8 Å². The van der Waals surface area contributed by atoms with Gasteiger partial charge in [0.05, 0.1) is 22.8 Å². The largest absolute Gasteiger partial charge is 0.471 e. The molecule has 282 valence electrons. The normalized spacial score (nSPS) is 27.1. The van der Waals surface area contributed by atoms with Crippen LogP contribution in [0.5, 0.6) is 5.88 Å². The third-order valence-corrected chi connectivity index (χ3v) is 12.1. The highest BCUT2D eigenvalue weighted by Gasteiger charge is 2.62. The van der Waals surface area contributed by atoms with Crippen LogP contribution in [0, 0.1) is 18.7 Å². The van der Waals surface area contributed by atoms with Crippen molar-refractivity contribution < 1.29 is 41.2 Å². The maximum atomic E-state index is 14.5. The van der Waals surface area contributed by atoms with E-state index in [1.807, 2.05) is 19.1 Å². The summed E-state index contributed by atoms with van der Waals surface area (Å²) in [7, 11) is -3.91. The molecule has 15 nitrogen and oxygen atoms in total. The molecule has 2 aliphatic carbocycles. The molecule has 4 aliphatic rings. The number of halogens is 1. The van der Waals surface area contributed by atoms with E-state index < -0.39 is 74.4 Å². The number of aryl methyl sites for hydroxylation is 2. The molecular weight excluding hydrogens is 710 g/mol. The van der Waals surface area contributed by atoms with E-state index in [2.05, 4.69) is 30.5 Å². The SMILES string of the molecule is CCc1nc2ccc(F)cc2nc1O[C@@H]1C[C@H]2C(=O)N[C@]3(C(=O)NS(=O)(=O)C4CC4)C[C@H]3/C=C\CCCCCC(NC(=O)c3cc(C)on3)C(=O)N2C1.